The number of nitriles is 1. The minimum atomic E-state index is 0.222. The smallest absolute Gasteiger partial charge is 0.147 e. The third-order valence-electron chi connectivity index (χ3n) is 1.94. The molecule has 1 aliphatic rings. The van der Waals surface area contributed by atoms with Crippen molar-refractivity contribution < 1.29 is 9.47 Å². The van der Waals surface area contributed by atoms with Crippen molar-refractivity contribution in [3.63, 3.8) is 0 Å². The van der Waals surface area contributed by atoms with Crippen LogP contribution < -0.4 is 4.74 Å². The average Bonchev–Trinajstić information content (AvgIpc) is 3.00. The molecular formula is C10H7Br2NO2. The molecule has 0 aliphatic carbocycles. The predicted octanol–water partition coefficient (Wildman–Crippen LogP) is 2.86. The van der Waals surface area contributed by atoms with Gasteiger partial charge in [0.25, 0.3) is 0 Å². The molecule has 0 saturated carbocycles. The number of benzene rings is 1. The van der Waals surface area contributed by atoms with E-state index in [1.54, 1.807) is 12.1 Å². The summed E-state index contributed by atoms with van der Waals surface area (Å²) in [6.07, 6.45) is 0.222. The first-order chi connectivity index (χ1) is 7.20. The zero-order valence-electron chi connectivity index (χ0n) is 7.67. The Balaban J connectivity index is 2.18. The first kappa shape index (κ1) is 10.9. The molecule has 0 N–H and O–H groups in total. The van der Waals surface area contributed by atoms with Gasteiger partial charge in [0.15, 0.2) is 0 Å². The third-order valence-corrected chi connectivity index (χ3v) is 3.12. The van der Waals surface area contributed by atoms with E-state index >= 15 is 0 Å². The van der Waals surface area contributed by atoms with E-state index in [1.807, 2.05) is 0 Å². The van der Waals surface area contributed by atoms with E-state index in [9.17, 15) is 0 Å². The highest BCUT2D eigenvalue weighted by atomic mass is 79.9. The molecule has 1 fully saturated rings. The molecular weight excluding hydrogens is 326 g/mol. The molecule has 1 aromatic carbocycles. The van der Waals surface area contributed by atoms with Crippen LogP contribution >= 0.6 is 31.9 Å². The molecule has 15 heavy (non-hydrogen) atoms. The molecule has 0 spiro atoms. The van der Waals surface area contributed by atoms with Gasteiger partial charge in [0.2, 0.25) is 0 Å². The van der Waals surface area contributed by atoms with Crippen molar-refractivity contribution in [1.29, 1.82) is 5.26 Å². The van der Waals surface area contributed by atoms with Gasteiger partial charge in [-0.05, 0) is 44.0 Å². The van der Waals surface area contributed by atoms with Crippen LogP contribution in [-0.4, -0.2) is 19.3 Å². The van der Waals surface area contributed by atoms with Gasteiger partial charge >= 0.3 is 0 Å². The lowest BCUT2D eigenvalue weighted by Crippen LogP contribution is -2.05. The Bertz CT molecular complexity index is 401. The van der Waals surface area contributed by atoms with Gasteiger partial charge in [-0.25, -0.2) is 0 Å². The molecule has 3 nitrogen and oxygen atoms in total. The minimum absolute atomic E-state index is 0.222. The van der Waals surface area contributed by atoms with E-state index in [-0.39, 0.29) is 6.10 Å². The van der Waals surface area contributed by atoms with Crippen molar-refractivity contribution in [2.24, 2.45) is 0 Å². The fourth-order valence-corrected chi connectivity index (χ4v) is 2.52. The standard InChI is InChI=1S/C10H7Br2NO2/c11-8-1-6(3-13)2-9(12)10(8)15-5-7-4-14-7/h1-2,7H,4-5H2. The number of hydrogen-bond donors (Lipinski definition) is 0. The average molecular weight is 333 g/mol. The monoisotopic (exact) mass is 331 g/mol. The number of rotatable bonds is 3. The van der Waals surface area contributed by atoms with Crippen molar-refractivity contribution in [3.05, 3.63) is 26.6 Å². The molecule has 1 unspecified atom stereocenters. The zero-order valence-corrected chi connectivity index (χ0v) is 10.8. The second-order valence-electron chi connectivity index (χ2n) is 3.15. The van der Waals surface area contributed by atoms with Gasteiger partial charge in [-0.1, -0.05) is 0 Å². The Morgan fingerprint density at radius 2 is 2.07 bits per heavy atom. The fourth-order valence-electron chi connectivity index (χ4n) is 1.10. The Hall–Kier alpha value is -0.570. The fraction of sp³-hybridized carbons (Fsp3) is 0.300. The summed E-state index contributed by atoms with van der Waals surface area (Å²) in [6.45, 7) is 1.31. The van der Waals surface area contributed by atoms with Crippen LogP contribution in [0.15, 0.2) is 21.1 Å². The molecule has 1 aromatic rings. The lowest BCUT2D eigenvalue weighted by molar-refractivity contribution is 0.260. The van der Waals surface area contributed by atoms with Gasteiger partial charge in [-0.3, -0.25) is 0 Å². The summed E-state index contributed by atoms with van der Waals surface area (Å²) in [5.41, 5.74) is 0.587. The molecule has 2 rings (SSSR count). The lowest BCUT2D eigenvalue weighted by Gasteiger charge is -2.09. The Kier molecular flexibility index (Phi) is 3.29. The largest absolute Gasteiger partial charge is 0.488 e. The number of ether oxygens (including phenoxy) is 2. The van der Waals surface area contributed by atoms with Gasteiger partial charge in [-0.15, -0.1) is 0 Å². The second kappa shape index (κ2) is 4.52. The van der Waals surface area contributed by atoms with E-state index in [0.717, 1.165) is 15.6 Å². The second-order valence-corrected chi connectivity index (χ2v) is 4.86. The summed E-state index contributed by atoms with van der Waals surface area (Å²) in [7, 11) is 0. The molecule has 5 heteroatoms. The Morgan fingerprint density at radius 3 is 2.53 bits per heavy atom. The Morgan fingerprint density at radius 1 is 1.47 bits per heavy atom. The molecule has 1 heterocycles. The molecule has 0 aromatic heterocycles. The van der Waals surface area contributed by atoms with Crippen LogP contribution in [-0.2, 0) is 4.74 Å². The number of halogens is 2. The van der Waals surface area contributed by atoms with Crippen LogP contribution in [0.5, 0.6) is 5.75 Å². The molecule has 1 saturated heterocycles. The SMILES string of the molecule is N#Cc1cc(Br)c(OCC2CO2)c(Br)c1. The van der Waals surface area contributed by atoms with E-state index in [4.69, 9.17) is 14.7 Å². The predicted molar refractivity (Wildman–Crippen MR) is 61.8 cm³/mol. The van der Waals surface area contributed by atoms with Gasteiger partial charge in [0, 0.05) is 0 Å². The minimum Gasteiger partial charge on any atom is -0.488 e. The van der Waals surface area contributed by atoms with Crippen LogP contribution in [0.2, 0.25) is 0 Å². The van der Waals surface area contributed by atoms with Gasteiger partial charge in [0.1, 0.15) is 18.5 Å². The zero-order chi connectivity index (χ0) is 10.8. The molecule has 1 atom stereocenters. The van der Waals surface area contributed by atoms with Crippen LogP contribution in [0.3, 0.4) is 0 Å². The van der Waals surface area contributed by atoms with Crippen molar-refractivity contribution in [2.45, 2.75) is 6.10 Å². The van der Waals surface area contributed by atoms with Gasteiger partial charge in [0.05, 0.1) is 27.2 Å². The van der Waals surface area contributed by atoms with Crippen molar-refractivity contribution >= 4 is 31.9 Å². The number of nitrogens with zero attached hydrogens (tertiary/aromatic N) is 1. The maximum atomic E-state index is 8.75. The maximum Gasteiger partial charge on any atom is 0.147 e. The quantitative estimate of drug-likeness (QED) is 0.799. The van der Waals surface area contributed by atoms with Crippen molar-refractivity contribution in [2.75, 3.05) is 13.2 Å². The van der Waals surface area contributed by atoms with E-state index in [1.165, 1.54) is 0 Å². The number of epoxide rings is 1. The number of hydrogen-bond acceptors (Lipinski definition) is 3. The van der Waals surface area contributed by atoms with Gasteiger partial charge < -0.3 is 9.47 Å². The topological polar surface area (TPSA) is 45.5 Å². The van der Waals surface area contributed by atoms with Gasteiger partial charge in [-0.2, -0.15) is 5.26 Å². The third kappa shape index (κ3) is 2.71. The highest BCUT2D eigenvalue weighted by molar-refractivity contribution is 9.11. The normalized spacial score (nSPS) is 18.3. The lowest BCUT2D eigenvalue weighted by atomic mass is 10.2. The van der Waals surface area contributed by atoms with Crippen LogP contribution in [0.25, 0.3) is 0 Å². The van der Waals surface area contributed by atoms with Crippen LogP contribution in [0, 0.1) is 11.3 Å². The summed E-state index contributed by atoms with van der Waals surface area (Å²) in [5.74, 6) is 0.713. The molecule has 0 radical (unpaired) electrons. The first-order valence-electron chi connectivity index (χ1n) is 4.34. The molecule has 78 valence electrons. The summed E-state index contributed by atoms with van der Waals surface area (Å²) in [6, 6.07) is 5.53. The summed E-state index contributed by atoms with van der Waals surface area (Å²) in [5, 5.41) is 8.75. The summed E-state index contributed by atoms with van der Waals surface area (Å²) >= 11 is 6.72. The maximum absolute atomic E-state index is 8.75. The van der Waals surface area contributed by atoms with E-state index in [2.05, 4.69) is 37.9 Å². The van der Waals surface area contributed by atoms with Crippen LogP contribution in [0.1, 0.15) is 5.56 Å². The first-order valence-corrected chi connectivity index (χ1v) is 5.93. The summed E-state index contributed by atoms with van der Waals surface area (Å²) in [4.78, 5) is 0. The highest BCUT2D eigenvalue weighted by Gasteiger charge is 2.24. The Labute approximate surface area is 104 Å². The van der Waals surface area contributed by atoms with Crippen molar-refractivity contribution in [3.8, 4) is 11.8 Å². The molecule has 1 aliphatic heterocycles. The van der Waals surface area contributed by atoms with Crippen molar-refractivity contribution in [1.82, 2.24) is 0 Å². The van der Waals surface area contributed by atoms with Crippen LogP contribution in [0.4, 0.5) is 0 Å². The van der Waals surface area contributed by atoms with E-state index < -0.39 is 0 Å². The van der Waals surface area contributed by atoms with E-state index in [0.29, 0.717) is 17.9 Å². The highest BCUT2D eigenvalue weighted by Crippen LogP contribution is 2.35. The molecule has 0 bridgehead atoms. The summed E-state index contributed by atoms with van der Waals surface area (Å²) < 4.78 is 12.2. The molecule has 0 amide bonds.